The van der Waals surface area contributed by atoms with Crippen molar-refractivity contribution in [3.63, 3.8) is 0 Å². The van der Waals surface area contributed by atoms with E-state index in [1.54, 1.807) is 11.9 Å². The van der Waals surface area contributed by atoms with Crippen molar-refractivity contribution in [2.45, 2.75) is 13.5 Å². The number of hydrogen-bond donors (Lipinski definition) is 1. The summed E-state index contributed by atoms with van der Waals surface area (Å²) < 4.78 is 0. The normalized spacial score (nSPS) is 9.86. The number of carbonyl (C=O) groups excluding carboxylic acids is 1. The standard InChI is InChI=1S/C17H17NO2S/c1-13-9-10-16(21-13)17(20)18(2)12-15-7-4-3-6-14(15)8-5-11-19/h3-4,6-7,9-10,19H,11-12H2,1-2H3. The third-order valence-corrected chi connectivity index (χ3v) is 4.01. The molecule has 0 spiro atoms. The van der Waals surface area contributed by atoms with Crippen LogP contribution in [0.1, 0.15) is 25.7 Å². The smallest absolute Gasteiger partial charge is 0.263 e. The van der Waals surface area contributed by atoms with Crippen molar-refractivity contribution in [3.05, 3.63) is 57.3 Å². The molecule has 0 saturated carbocycles. The quantitative estimate of drug-likeness (QED) is 0.885. The number of aliphatic hydroxyl groups excluding tert-OH is 1. The topological polar surface area (TPSA) is 40.5 Å². The summed E-state index contributed by atoms with van der Waals surface area (Å²) in [6.07, 6.45) is 0. The Labute approximate surface area is 128 Å². The van der Waals surface area contributed by atoms with Crippen LogP contribution in [-0.2, 0) is 6.54 Å². The molecule has 0 saturated heterocycles. The van der Waals surface area contributed by atoms with Crippen molar-refractivity contribution in [2.75, 3.05) is 13.7 Å². The lowest BCUT2D eigenvalue weighted by atomic mass is 10.1. The van der Waals surface area contributed by atoms with E-state index in [-0.39, 0.29) is 12.5 Å². The zero-order valence-corrected chi connectivity index (χ0v) is 12.9. The van der Waals surface area contributed by atoms with Crippen molar-refractivity contribution in [1.29, 1.82) is 0 Å². The first kappa shape index (κ1) is 15.3. The number of amides is 1. The molecule has 1 heterocycles. The van der Waals surface area contributed by atoms with Crippen LogP contribution in [0.3, 0.4) is 0 Å². The van der Waals surface area contributed by atoms with Gasteiger partial charge in [-0.05, 0) is 30.7 Å². The number of carbonyl (C=O) groups is 1. The zero-order valence-electron chi connectivity index (χ0n) is 12.1. The lowest BCUT2D eigenvalue weighted by Gasteiger charge is -2.17. The molecule has 1 aromatic carbocycles. The summed E-state index contributed by atoms with van der Waals surface area (Å²) in [6, 6.07) is 11.5. The van der Waals surface area contributed by atoms with Gasteiger partial charge < -0.3 is 10.0 Å². The fourth-order valence-electron chi connectivity index (χ4n) is 1.98. The van der Waals surface area contributed by atoms with Crippen molar-refractivity contribution in [2.24, 2.45) is 0 Å². The Kier molecular flexibility index (Phi) is 5.15. The van der Waals surface area contributed by atoms with Gasteiger partial charge >= 0.3 is 0 Å². The van der Waals surface area contributed by atoms with Crippen LogP contribution in [0.2, 0.25) is 0 Å². The molecule has 0 bridgehead atoms. The van der Waals surface area contributed by atoms with Gasteiger partial charge in [0.1, 0.15) is 6.61 Å². The Hall–Kier alpha value is -2.09. The highest BCUT2D eigenvalue weighted by Gasteiger charge is 2.14. The van der Waals surface area contributed by atoms with E-state index in [0.717, 1.165) is 20.9 Å². The third-order valence-electron chi connectivity index (χ3n) is 3.02. The number of hydrogen-bond acceptors (Lipinski definition) is 3. The number of benzene rings is 1. The highest BCUT2D eigenvalue weighted by atomic mass is 32.1. The van der Waals surface area contributed by atoms with Gasteiger partial charge in [-0.1, -0.05) is 30.0 Å². The van der Waals surface area contributed by atoms with Crippen LogP contribution in [-0.4, -0.2) is 29.6 Å². The molecule has 0 unspecified atom stereocenters. The average molecular weight is 299 g/mol. The summed E-state index contributed by atoms with van der Waals surface area (Å²) in [4.78, 5) is 15.9. The molecule has 0 aliphatic carbocycles. The highest BCUT2D eigenvalue weighted by molar-refractivity contribution is 7.13. The summed E-state index contributed by atoms with van der Waals surface area (Å²) in [7, 11) is 1.79. The first-order chi connectivity index (χ1) is 10.1. The van der Waals surface area contributed by atoms with E-state index >= 15 is 0 Å². The fourth-order valence-corrected chi connectivity index (χ4v) is 2.84. The molecule has 0 fully saturated rings. The molecule has 0 radical (unpaired) electrons. The average Bonchev–Trinajstić information content (AvgIpc) is 2.92. The van der Waals surface area contributed by atoms with Crippen LogP contribution in [0.4, 0.5) is 0 Å². The minimum atomic E-state index is -0.169. The monoisotopic (exact) mass is 299 g/mol. The second-order valence-corrected chi connectivity index (χ2v) is 5.98. The predicted molar refractivity (Wildman–Crippen MR) is 85.3 cm³/mol. The molecule has 0 atom stereocenters. The van der Waals surface area contributed by atoms with Crippen molar-refractivity contribution in [1.82, 2.24) is 4.90 Å². The van der Waals surface area contributed by atoms with Gasteiger partial charge in [-0.3, -0.25) is 4.79 Å². The molecule has 108 valence electrons. The van der Waals surface area contributed by atoms with E-state index in [4.69, 9.17) is 5.11 Å². The lowest BCUT2D eigenvalue weighted by molar-refractivity contribution is 0.0790. The van der Waals surface area contributed by atoms with E-state index < -0.39 is 0 Å². The van der Waals surface area contributed by atoms with Crippen LogP contribution >= 0.6 is 11.3 Å². The van der Waals surface area contributed by atoms with Crippen LogP contribution < -0.4 is 0 Å². The largest absolute Gasteiger partial charge is 0.384 e. The zero-order chi connectivity index (χ0) is 15.2. The van der Waals surface area contributed by atoms with E-state index in [2.05, 4.69) is 11.8 Å². The van der Waals surface area contributed by atoms with E-state index in [1.165, 1.54) is 11.3 Å². The number of rotatable bonds is 3. The highest BCUT2D eigenvalue weighted by Crippen LogP contribution is 2.18. The molecule has 3 nitrogen and oxygen atoms in total. The molecule has 1 amide bonds. The first-order valence-electron chi connectivity index (χ1n) is 6.61. The van der Waals surface area contributed by atoms with Crippen LogP contribution in [0.15, 0.2) is 36.4 Å². The molecule has 0 aliphatic heterocycles. The number of nitrogens with zero attached hydrogens (tertiary/aromatic N) is 1. The minimum Gasteiger partial charge on any atom is -0.384 e. The predicted octanol–water partition coefficient (Wildman–Crippen LogP) is 2.67. The van der Waals surface area contributed by atoms with Gasteiger partial charge in [0, 0.05) is 24.0 Å². The molecule has 4 heteroatoms. The van der Waals surface area contributed by atoms with Crippen LogP contribution in [0.25, 0.3) is 0 Å². The van der Waals surface area contributed by atoms with Gasteiger partial charge in [-0.25, -0.2) is 0 Å². The maximum atomic E-state index is 12.3. The van der Waals surface area contributed by atoms with Gasteiger partial charge in [-0.15, -0.1) is 11.3 Å². The molecule has 0 aliphatic rings. The second-order valence-electron chi connectivity index (χ2n) is 4.69. The van der Waals surface area contributed by atoms with Gasteiger partial charge in [0.2, 0.25) is 0 Å². The van der Waals surface area contributed by atoms with E-state index in [0.29, 0.717) is 6.54 Å². The molecule has 21 heavy (non-hydrogen) atoms. The van der Waals surface area contributed by atoms with Crippen molar-refractivity contribution >= 4 is 17.2 Å². The van der Waals surface area contributed by atoms with E-state index in [9.17, 15) is 4.79 Å². The molecule has 2 rings (SSSR count). The Morgan fingerprint density at radius 3 is 2.71 bits per heavy atom. The first-order valence-corrected chi connectivity index (χ1v) is 7.43. The Bertz CT molecular complexity index is 694. The number of aryl methyl sites for hydroxylation is 1. The Morgan fingerprint density at radius 1 is 1.29 bits per heavy atom. The molecular formula is C17H17NO2S. The Morgan fingerprint density at radius 2 is 2.05 bits per heavy atom. The SMILES string of the molecule is Cc1ccc(C(=O)N(C)Cc2ccccc2C#CCO)s1. The summed E-state index contributed by atoms with van der Waals surface area (Å²) in [5.74, 6) is 5.57. The number of thiophene rings is 1. The van der Waals surface area contributed by atoms with Gasteiger partial charge in [0.25, 0.3) is 5.91 Å². The fraction of sp³-hybridized carbons (Fsp3) is 0.235. The second kappa shape index (κ2) is 7.07. The van der Waals surface area contributed by atoms with Gasteiger partial charge in [-0.2, -0.15) is 0 Å². The maximum absolute atomic E-state index is 12.3. The maximum Gasteiger partial charge on any atom is 0.263 e. The van der Waals surface area contributed by atoms with Crippen LogP contribution in [0.5, 0.6) is 0 Å². The molecular weight excluding hydrogens is 282 g/mol. The van der Waals surface area contributed by atoms with Gasteiger partial charge in [0.15, 0.2) is 0 Å². The summed E-state index contributed by atoms with van der Waals surface area (Å²) in [5, 5.41) is 8.80. The van der Waals surface area contributed by atoms with Crippen molar-refractivity contribution < 1.29 is 9.90 Å². The van der Waals surface area contributed by atoms with Crippen LogP contribution in [0, 0.1) is 18.8 Å². The molecule has 1 aromatic heterocycles. The third kappa shape index (κ3) is 3.94. The minimum absolute atomic E-state index is 0.0121. The van der Waals surface area contributed by atoms with Gasteiger partial charge in [0.05, 0.1) is 4.88 Å². The molecule has 2 aromatic rings. The Balaban J connectivity index is 2.16. The number of aliphatic hydroxyl groups is 1. The van der Waals surface area contributed by atoms with E-state index in [1.807, 2.05) is 43.3 Å². The van der Waals surface area contributed by atoms with Crippen molar-refractivity contribution in [3.8, 4) is 11.8 Å². The summed E-state index contributed by atoms with van der Waals surface area (Å²) in [6.45, 7) is 2.31. The summed E-state index contributed by atoms with van der Waals surface area (Å²) >= 11 is 1.50. The lowest BCUT2D eigenvalue weighted by Crippen LogP contribution is -2.25. The summed E-state index contributed by atoms with van der Waals surface area (Å²) in [5.41, 5.74) is 1.82. The molecule has 1 N–H and O–H groups in total.